The first-order valence-electron chi connectivity index (χ1n) is 5.50. The number of hydrogen-bond donors (Lipinski definition) is 1. The van der Waals surface area contributed by atoms with E-state index in [-0.39, 0.29) is 5.91 Å². The average Bonchev–Trinajstić information content (AvgIpc) is 2.87. The third-order valence-corrected chi connectivity index (χ3v) is 2.39. The molecule has 1 saturated carbocycles. The van der Waals surface area contributed by atoms with Gasteiger partial charge in [-0.3, -0.25) is 9.48 Å². The number of carbonyl (C=O) groups is 1. The quantitative estimate of drug-likeness (QED) is 0.822. The topological polar surface area (TPSA) is 46.9 Å². The van der Waals surface area contributed by atoms with Crippen molar-refractivity contribution in [2.75, 3.05) is 5.32 Å². The zero-order valence-corrected chi connectivity index (χ0v) is 9.23. The maximum absolute atomic E-state index is 11.5. The van der Waals surface area contributed by atoms with E-state index in [0.29, 0.717) is 24.2 Å². The van der Waals surface area contributed by atoms with Gasteiger partial charge in [0.05, 0.1) is 6.04 Å². The number of rotatable bonds is 4. The summed E-state index contributed by atoms with van der Waals surface area (Å²) in [5.41, 5.74) is 0. The molecule has 0 aliphatic heterocycles. The van der Waals surface area contributed by atoms with Gasteiger partial charge in [-0.1, -0.05) is 13.8 Å². The Hall–Kier alpha value is -1.32. The Balaban J connectivity index is 1.89. The monoisotopic (exact) mass is 207 g/mol. The molecule has 1 fully saturated rings. The van der Waals surface area contributed by atoms with E-state index in [1.807, 2.05) is 30.8 Å². The number of aromatic nitrogens is 2. The zero-order chi connectivity index (χ0) is 10.8. The molecule has 0 atom stereocenters. The molecular formula is C11H17N3O. The Bertz CT molecular complexity index is 352. The van der Waals surface area contributed by atoms with Gasteiger partial charge in [0.2, 0.25) is 5.91 Å². The summed E-state index contributed by atoms with van der Waals surface area (Å²) in [6.45, 7) is 4.06. The summed E-state index contributed by atoms with van der Waals surface area (Å²) in [7, 11) is 0. The highest BCUT2D eigenvalue weighted by Gasteiger charge is 2.24. The molecule has 0 unspecified atom stereocenters. The van der Waals surface area contributed by atoms with E-state index in [2.05, 4.69) is 10.4 Å². The Labute approximate surface area is 89.7 Å². The summed E-state index contributed by atoms with van der Waals surface area (Å²) >= 11 is 0. The fourth-order valence-corrected chi connectivity index (χ4v) is 1.51. The molecule has 1 heterocycles. The lowest BCUT2D eigenvalue weighted by Crippen LogP contribution is -2.14. The summed E-state index contributed by atoms with van der Waals surface area (Å²) in [5, 5.41) is 7.11. The number of amides is 1. The van der Waals surface area contributed by atoms with Crippen LogP contribution in [0.25, 0.3) is 0 Å². The molecule has 4 heteroatoms. The summed E-state index contributed by atoms with van der Waals surface area (Å²) < 4.78 is 1.94. The van der Waals surface area contributed by atoms with Crippen molar-refractivity contribution in [2.45, 2.75) is 39.2 Å². The highest BCUT2D eigenvalue weighted by atomic mass is 16.1. The van der Waals surface area contributed by atoms with Crippen LogP contribution in [0, 0.1) is 5.92 Å². The molecule has 15 heavy (non-hydrogen) atoms. The second kappa shape index (κ2) is 4.04. The number of hydrogen-bond acceptors (Lipinski definition) is 2. The molecule has 0 radical (unpaired) electrons. The van der Waals surface area contributed by atoms with Crippen molar-refractivity contribution in [1.29, 1.82) is 0 Å². The fourth-order valence-electron chi connectivity index (χ4n) is 1.51. The van der Waals surface area contributed by atoms with E-state index in [4.69, 9.17) is 0 Å². The Morgan fingerprint density at radius 3 is 3.00 bits per heavy atom. The number of nitrogens with zero attached hydrogens (tertiary/aromatic N) is 2. The Kier molecular flexibility index (Phi) is 2.75. The van der Waals surface area contributed by atoms with E-state index in [1.165, 1.54) is 12.8 Å². The van der Waals surface area contributed by atoms with Gasteiger partial charge < -0.3 is 5.32 Å². The van der Waals surface area contributed by atoms with E-state index in [0.717, 1.165) is 0 Å². The van der Waals surface area contributed by atoms with E-state index < -0.39 is 0 Å². The van der Waals surface area contributed by atoms with E-state index >= 15 is 0 Å². The van der Waals surface area contributed by atoms with Crippen molar-refractivity contribution in [3.05, 3.63) is 12.3 Å². The maximum atomic E-state index is 11.5. The van der Waals surface area contributed by atoms with Gasteiger partial charge in [0.15, 0.2) is 5.82 Å². The molecular weight excluding hydrogens is 190 g/mol. The second-order valence-corrected chi connectivity index (χ2v) is 4.56. The molecule has 1 N–H and O–H groups in total. The van der Waals surface area contributed by atoms with Crippen LogP contribution < -0.4 is 5.32 Å². The van der Waals surface area contributed by atoms with Crippen LogP contribution in [0.15, 0.2) is 12.3 Å². The first kappa shape index (κ1) is 10.2. The molecule has 82 valence electrons. The highest BCUT2D eigenvalue weighted by Crippen LogP contribution is 2.34. The lowest BCUT2D eigenvalue weighted by molar-refractivity contribution is -0.116. The van der Waals surface area contributed by atoms with Gasteiger partial charge in [-0.25, -0.2) is 0 Å². The van der Waals surface area contributed by atoms with E-state index in [1.54, 1.807) is 0 Å². The van der Waals surface area contributed by atoms with E-state index in [9.17, 15) is 4.79 Å². The van der Waals surface area contributed by atoms with Crippen molar-refractivity contribution in [1.82, 2.24) is 9.78 Å². The second-order valence-electron chi connectivity index (χ2n) is 4.56. The smallest absolute Gasteiger partial charge is 0.225 e. The van der Waals surface area contributed by atoms with Crippen molar-refractivity contribution >= 4 is 11.7 Å². The normalized spacial score (nSPS) is 15.7. The number of carbonyl (C=O) groups excluding carboxylic acids is 1. The molecule has 4 nitrogen and oxygen atoms in total. The van der Waals surface area contributed by atoms with Gasteiger partial charge in [-0.05, 0) is 18.8 Å². The molecule has 1 aromatic heterocycles. The first-order chi connectivity index (χ1) is 7.15. The third kappa shape index (κ3) is 2.81. The van der Waals surface area contributed by atoms with Crippen LogP contribution in [0.3, 0.4) is 0 Å². The van der Waals surface area contributed by atoms with Crippen molar-refractivity contribution < 1.29 is 4.79 Å². The molecule has 1 aromatic rings. The van der Waals surface area contributed by atoms with Crippen LogP contribution in [0.4, 0.5) is 5.82 Å². The summed E-state index contributed by atoms with van der Waals surface area (Å²) in [6, 6.07) is 2.43. The predicted octanol–water partition coefficient (Wildman–Crippen LogP) is 2.20. The SMILES string of the molecule is CC(C)CC(=O)Nc1ccn(C2CC2)n1. The molecule has 1 amide bonds. The zero-order valence-electron chi connectivity index (χ0n) is 9.23. The van der Waals surface area contributed by atoms with Gasteiger partial charge >= 0.3 is 0 Å². The fraction of sp³-hybridized carbons (Fsp3) is 0.636. The minimum atomic E-state index is 0.0473. The van der Waals surface area contributed by atoms with Crippen molar-refractivity contribution in [2.24, 2.45) is 5.92 Å². The molecule has 1 aliphatic rings. The van der Waals surface area contributed by atoms with Gasteiger partial charge in [0.25, 0.3) is 0 Å². The molecule has 0 spiro atoms. The summed E-state index contributed by atoms with van der Waals surface area (Å²) in [5.74, 6) is 1.11. The number of nitrogens with one attached hydrogen (secondary N) is 1. The van der Waals surface area contributed by atoms with Crippen LogP contribution in [-0.2, 0) is 4.79 Å². The summed E-state index contributed by atoms with van der Waals surface area (Å²) in [6.07, 6.45) is 4.90. The van der Waals surface area contributed by atoms with Crippen molar-refractivity contribution in [3.8, 4) is 0 Å². The highest BCUT2D eigenvalue weighted by molar-refractivity contribution is 5.89. The third-order valence-electron chi connectivity index (χ3n) is 2.39. The molecule has 0 aromatic carbocycles. The summed E-state index contributed by atoms with van der Waals surface area (Å²) in [4.78, 5) is 11.5. The molecule has 2 rings (SSSR count). The lowest BCUT2D eigenvalue weighted by atomic mass is 10.1. The molecule has 0 saturated heterocycles. The molecule has 1 aliphatic carbocycles. The Morgan fingerprint density at radius 1 is 1.67 bits per heavy atom. The minimum absolute atomic E-state index is 0.0473. The maximum Gasteiger partial charge on any atom is 0.225 e. The predicted molar refractivity (Wildman–Crippen MR) is 58.6 cm³/mol. The van der Waals surface area contributed by atoms with Crippen molar-refractivity contribution in [3.63, 3.8) is 0 Å². The van der Waals surface area contributed by atoms with Gasteiger partial charge in [0, 0.05) is 18.7 Å². The van der Waals surface area contributed by atoms with Gasteiger partial charge in [0.1, 0.15) is 0 Å². The average molecular weight is 207 g/mol. The van der Waals surface area contributed by atoms with Crippen LogP contribution in [0.5, 0.6) is 0 Å². The van der Waals surface area contributed by atoms with Crippen LogP contribution in [0.2, 0.25) is 0 Å². The molecule has 0 bridgehead atoms. The van der Waals surface area contributed by atoms with Gasteiger partial charge in [-0.2, -0.15) is 5.10 Å². The van der Waals surface area contributed by atoms with Crippen LogP contribution >= 0.6 is 0 Å². The van der Waals surface area contributed by atoms with Gasteiger partial charge in [-0.15, -0.1) is 0 Å². The largest absolute Gasteiger partial charge is 0.309 e. The first-order valence-corrected chi connectivity index (χ1v) is 5.50. The lowest BCUT2D eigenvalue weighted by Gasteiger charge is -2.04. The Morgan fingerprint density at radius 2 is 2.40 bits per heavy atom. The minimum Gasteiger partial charge on any atom is -0.309 e. The number of anilines is 1. The standard InChI is InChI=1S/C11H17N3O/c1-8(2)7-11(15)12-10-5-6-14(13-10)9-3-4-9/h5-6,8-9H,3-4,7H2,1-2H3,(H,12,13,15). The van der Waals surface area contributed by atoms with Crippen LogP contribution in [0.1, 0.15) is 39.2 Å². The van der Waals surface area contributed by atoms with Crippen LogP contribution in [-0.4, -0.2) is 15.7 Å².